The first kappa shape index (κ1) is 20.2. The van der Waals surface area contributed by atoms with E-state index in [1.165, 1.54) is 6.07 Å². The van der Waals surface area contributed by atoms with E-state index in [0.717, 1.165) is 50.8 Å². The third-order valence-corrected chi connectivity index (χ3v) is 4.93. The molecule has 0 saturated carbocycles. The molecular weight excluding hydrogens is 357 g/mol. The van der Waals surface area contributed by atoms with E-state index < -0.39 is 11.8 Å². The molecule has 1 heterocycles. The van der Waals surface area contributed by atoms with Crippen molar-refractivity contribution in [1.29, 1.82) is 0 Å². The Morgan fingerprint density at radius 3 is 2.57 bits per heavy atom. The van der Waals surface area contributed by atoms with Gasteiger partial charge in [0.15, 0.2) is 0 Å². The van der Waals surface area contributed by atoms with Gasteiger partial charge in [0.25, 0.3) is 0 Å². The summed E-state index contributed by atoms with van der Waals surface area (Å²) >= 11 is 0. The summed E-state index contributed by atoms with van der Waals surface area (Å²) in [4.78, 5) is 14.5. The predicted octanol–water partition coefficient (Wildman–Crippen LogP) is 5.35. The number of hydrogen-bond donors (Lipinski definition) is 0. The summed E-state index contributed by atoms with van der Waals surface area (Å²) in [7, 11) is 0. The van der Waals surface area contributed by atoms with Gasteiger partial charge in [-0.1, -0.05) is 43.7 Å². The van der Waals surface area contributed by atoms with Crippen LogP contribution in [0.25, 0.3) is 0 Å². The number of benzene rings is 2. The van der Waals surface area contributed by atoms with Gasteiger partial charge in [-0.2, -0.15) is 0 Å². The van der Waals surface area contributed by atoms with Gasteiger partial charge >= 0.3 is 5.97 Å². The van der Waals surface area contributed by atoms with Gasteiger partial charge in [0, 0.05) is 19.2 Å². The average molecular weight is 385 g/mol. The number of piperidine rings is 1. The van der Waals surface area contributed by atoms with Gasteiger partial charge in [0.1, 0.15) is 23.7 Å². The Morgan fingerprint density at radius 2 is 1.86 bits per heavy atom. The number of nitrogens with zero attached hydrogens (tertiary/aromatic N) is 1. The maximum atomic E-state index is 14.8. The van der Waals surface area contributed by atoms with E-state index in [1.807, 2.05) is 42.2 Å². The van der Waals surface area contributed by atoms with Crippen LogP contribution in [0, 0.1) is 5.82 Å². The van der Waals surface area contributed by atoms with Crippen LogP contribution in [0.2, 0.25) is 0 Å². The number of carbonyl (C=O) groups is 1. The van der Waals surface area contributed by atoms with E-state index in [2.05, 4.69) is 0 Å². The number of esters is 1. The quantitative estimate of drug-likeness (QED) is 0.453. The molecule has 1 aliphatic rings. The fourth-order valence-corrected chi connectivity index (χ4v) is 3.32. The van der Waals surface area contributed by atoms with Crippen molar-refractivity contribution >= 4 is 11.7 Å². The van der Waals surface area contributed by atoms with Gasteiger partial charge in [-0.05, 0) is 37.3 Å². The molecule has 28 heavy (non-hydrogen) atoms. The molecule has 4 nitrogen and oxygen atoms in total. The highest BCUT2D eigenvalue weighted by atomic mass is 19.1. The van der Waals surface area contributed by atoms with Crippen molar-refractivity contribution in [2.24, 2.45) is 0 Å². The summed E-state index contributed by atoms with van der Waals surface area (Å²) in [6, 6.07) is 12.6. The van der Waals surface area contributed by atoms with Crippen molar-refractivity contribution in [3.63, 3.8) is 0 Å². The zero-order valence-electron chi connectivity index (χ0n) is 16.5. The molecule has 1 saturated heterocycles. The third kappa shape index (κ3) is 5.24. The van der Waals surface area contributed by atoms with Crippen molar-refractivity contribution in [1.82, 2.24) is 0 Å². The molecule has 0 bridgehead atoms. The number of ether oxygens (including phenoxy) is 2. The van der Waals surface area contributed by atoms with Crippen LogP contribution in [0.3, 0.4) is 0 Å². The van der Waals surface area contributed by atoms with Gasteiger partial charge < -0.3 is 14.4 Å². The second kappa shape index (κ2) is 10.1. The minimum atomic E-state index is -0.541. The second-order valence-electron chi connectivity index (χ2n) is 7.11. The lowest BCUT2D eigenvalue weighted by molar-refractivity contribution is 0.0494. The molecule has 150 valence electrons. The first-order chi connectivity index (χ1) is 13.7. The van der Waals surface area contributed by atoms with E-state index in [-0.39, 0.29) is 5.56 Å². The highest BCUT2D eigenvalue weighted by molar-refractivity contribution is 5.93. The molecule has 0 amide bonds. The first-order valence-electron chi connectivity index (χ1n) is 10.1. The highest BCUT2D eigenvalue weighted by Crippen LogP contribution is 2.32. The minimum Gasteiger partial charge on any atom is -0.488 e. The number of hydrogen-bond acceptors (Lipinski definition) is 4. The lowest BCUT2D eigenvalue weighted by Crippen LogP contribution is -2.30. The standard InChI is InChI=1S/C23H28FNO3/c1-2-3-14-27-23(26)19-15-20(24)21(25-12-8-5-9-13-25)16-22(19)28-17-18-10-6-4-7-11-18/h4,6-7,10-11,15-16H,2-3,5,8-9,12-14,17H2,1H3. The molecule has 1 fully saturated rings. The Morgan fingerprint density at radius 1 is 1.11 bits per heavy atom. The number of carbonyl (C=O) groups excluding carboxylic acids is 1. The van der Waals surface area contributed by atoms with Crippen molar-refractivity contribution in [3.05, 3.63) is 59.4 Å². The molecule has 0 atom stereocenters. The average Bonchev–Trinajstić information content (AvgIpc) is 2.74. The molecule has 0 spiro atoms. The number of halogens is 1. The molecule has 0 aliphatic carbocycles. The van der Waals surface area contributed by atoms with E-state index >= 15 is 0 Å². The van der Waals surface area contributed by atoms with Crippen molar-refractivity contribution < 1.29 is 18.7 Å². The van der Waals surface area contributed by atoms with Crippen LogP contribution in [0.5, 0.6) is 5.75 Å². The molecule has 0 aromatic heterocycles. The van der Waals surface area contributed by atoms with E-state index in [1.54, 1.807) is 6.07 Å². The Bertz CT molecular complexity index is 773. The largest absolute Gasteiger partial charge is 0.488 e. The molecule has 3 rings (SSSR count). The van der Waals surface area contributed by atoms with Crippen molar-refractivity contribution in [3.8, 4) is 5.75 Å². The predicted molar refractivity (Wildman–Crippen MR) is 108 cm³/mol. The molecule has 1 aliphatic heterocycles. The lowest BCUT2D eigenvalue weighted by atomic mass is 10.1. The topological polar surface area (TPSA) is 38.8 Å². The van der Waals surface area contributed by atoms with E-state index in [9.17, 15) is 9.18 Å². The van der Waals surface area contributed by atoms with E-state index in [0.29, 0.717) is 24.7 Å². The summed E-state index contributed by atoms with van der Waals surface area (Å²) in [6.45, 7) is 4.28. The molecule has 0 N–H and O–H groups in total. The van der Waals surface area contributed by atoms with Crippen LogP contribution in [0.1, 0.15) is 54.9 Å². The smallest absolute Gasteiger partial charge is 0.342 e. The Labute approximate surface area is 166 Å². The van der Waals surface area contributed by atoms with Gasteiger partial charge in [-0.25, -0.2) is 9.18 Å². The maximum Gasteiger partial charge on any atom is 0.342 e. The Balaban J connectivity index is 1.85. The maximum absolute atomic E-state index is 14.8. The van der Waals surface area contributed by atoms with Crippen molar-refractivity contribution in [2.75, 3.05) is 24.6 Å². The fourth-order valence-electron chi connectivity index (χ4n) is 3.32. The summed E-state index contributed by atoms with van der Waals surface area (Å²) < 4.78 is 26.1. The highest BCUT2D eigenvalue weighted by Gasteiger charge is 2.22. The molecular formula is C23H28FNO3. The molecule has 0 radical (unpaired) electrons. The van der Waals surface area contributed by atoms with Crippen LogP contribution in [-0.2, 0) is 11.3 Å². The zero-order valence-corrected chi connectivity index (χ0v) is 16.5. The van der Waals surface area contributed by atoms with Crippen molar-refractivity contribution in [2.45, 2.75) is 45.6 Å². The van der Waals surface area contributed by atoms with Gasteiger partial charge in [0.2, 0.25) is 0 Å². The molecule has 0 unspecified atom stereocenters. The normalized spacial score (nSPS) is 14.0. The van der Waals surface area contributed by atoms with Crippen LogP contribution < -0.4 is 9.64 Å². The van der Waals surface area contributed by atoms with Gasteiger partial charge in [-0.3, -0.25) is 0 Å². The second-order valence-corrected chi connectivity index (χ2v) is 7.11. The third-order valence-electron chi connectivity index (χ3n) is 4.93. The molecule has 5 heteroatoms. The number of unbranched alkanes of at least 4 members (excludes halogenated alkanes) is 1. The minimum absolute atomic E-state index is 0.144. The van der Waals surface area contributed by atoms with Crippen LogP contribution in [0.15, 0.2) is 42.5 Å². The van der Waals surface area contributed by atoms with Crippen LogP contribution in [0.4, 0.5) is 10.1 Å². The lowest BCUT2D eigenvalue weighted by Gasteiger charge is -2.29. The summed E-state index contributed by atoms with van der Waals surface area (Å²) in [5, 5.41) is 0. The molecule has 2 aromatic carbocycles. The summed E-state index contributed by atoms with van der Waals surface area (Å²) in [6.07, 6.45) is 4.95. The fraction of sp³-hybridized carbons (Fsp3) is 0.435. The number of anilines is 1. The SMILES string of the molecule is CCCCOC(=O)c1cc(F)c(N2CCCCC2)cc1OCc1ccccc1. The Kier molecular flexibility index (Phi) is 7.29. The molecule has 2 aromatic rings. The van der Waals surface area contributed by atoms with Gasteiger partial charge in [0.05, 0.1) is 12.3 Å². The zero-order chi connectivity index (χ0) is 19.8. The van der Waals surface area contributed by atoms with Gasteiger partial charge in [-0.15, -0.1) is 0 Å². The summed E-state index contributed by atoms with van der Waals surface area (Å²) in [5.41, 5.74) is 1.62. The monoisotopic (exact) mass is 385 g/mol. The first-order valence-corrected chi connectivity index (χ1v) is 10.1. The number of rotatable bonds is 8. The van der Waals surface area contributed by atoms with E-state index in [4.69, 9.17) is 9.47 Å². The summed E-state index contributed by atoms with van der Waals surface area (Å²) in [5.74, 6) is -0.579. The Hall–Kier alpha value is -2.56. The van der Waals surface area contributed by atoms with Crippen LogP contribution in [-0.4, -0.2) is 25.7 Å². The van der Waals surface area contributed by atoms with Crippen LogP contribution >= 0.6 is 0 Å².